The summed E-state index contributed by atoms with van der Waals surface area (Å²) in [6.45, 7) is 0. The molecule has 0 N–H and O–H groups in total. The van der Waals surface area contributed by atoms with Crippen LogP contribution < -0.4 is 0 Å². The Hall–Kier alpha value is -1.55. The van der Waals surface area contributed by atoms with Crippen LogP contribution in [-0.4, -0.2) is 19.6 Å². The molecule has 0 aliphatic carbocycles. The smallest absolute Gasteiger partial charge is 0.438 e. The van der Waals surface area contributed by atoms with Crippen LogP contribution in [0.4, 0.5) is 4.79 Å². The van der Waals surface area contributed by atoms with E-state index in [0.717, 1.165) is 5.56 Å². The van der Waals surface area contributed by atoms with Crippen molar-refractivity contribution in [3.8, 4) is 0 Å². The van der Waals surface area contributed by atoms with Gasteiger partial charge in [0.1, 0.15) is 6.10 Å². The summed E-state index contributed by atoms with van der Waals surface area (Å²) < 4.78 is 14.3. The topological polar surface area (TPSA) is 48.1 Å². The maximum absolute atomic E-state index is 10.7. The molecule has 0 unspecified atom stereocenters. The number of rotatable bonds is 2. The minimum Gasteiger partial charge on any atom is -0.438 e. The fourth-order valence-corrected chi connectivity index (χ4v) is 1.21. The number of methoxy groups -OCH3 is 1. The van der Waals surface area contributed by atoms with E-state index in [0.29, 0.717) is 0 Å². The van der Waals surface area contributed by atoms with E-state index < -0.39 is 12.4 Å². The highest BCUT2D eigenvalue weighted by Gasteiger charge is 2.44. The molecule has 0 aromatic heterocycles. The lowest BCUT2D eigenvalue weighted by Gasteiger charge is -1.97. The molecule has 14 heavy (non-hydrogen) atoms. The van der Waals surface area contributed by atoms with Crippen LogP contribution in [0.1, 0.15) is 11.7 Å². The number of hydrogen-bond acceptors (Lipinski definition) is 4. The van der Waals surface area contributed by atoms with E-state index in [1.54, 1.807) is 0 Å². The largest absolute Gasteiger partial charge is 0.510 e. The van der Waals surface area contributed by atoms with Gasteiger partial charge in [-0.1, -0.05) is 30.3 Å². The maximum Gasteiger partial charge on any atom is 0.510 e. The molecule has 0 spiro atoms. The van der Waals surface area contributed by atoms with Gasteiger partial charge < -0.3 is 14.2 Å². The molecule has 74 valence electrons. The maximum atomic E-state index is 10.7. The molecule has 1 heterocycles. The molecule has 2 atom stereocenters. The third-order valence-electron chi connectivity index (χ3n) is 1.96. The highest BCUT2D eigenvalue weighted by molar-refractivity contribution is 5.60. The van der Waals surface area contributed by atoms with Gasteiger partial charge >= 0.3 is 6.16 Å². The van der Waals surface area contributed by atoms with Crippen LogP contribution in [0.3, 0.4) is 0 Å². The van der Waals surface area contributed by atoms with Crippen molar-refractivity contribution in [2.45, 2.75) is 12.4 Å². The summed E-state index contributed by atoms with van der Waals surface area (Å²) in [5.41, 5.74) is 1.00. The molecule has 4 heteroatoms. The molecule has 1 fully saturated rings. The molecule has 1 aliphatic rings. The van der Waals surface area contributed by atoms with Crippen molar-refractivity contribution in [3.63, 3.8) is 0 Å². The third-order valence-corrected chi connectivity index (χ3v) is 1.96. The number of epoxide rings is 1. The van der Waals surface area contributed by atoms with Gasteiger partial charge in [0.25, 0.3) is 0 Å². The van der Waals surface area contributed by atoms with Crippen LogP contribution in [0.2, 0.25) is 0 Å². The lowest BCUT2D eigenvalue weighted by atomic mass is 10.2. The molecule has 4 nitrogen and oxygen atoms in total. The van der Waals surface area contributed by atoms with E-state index in [4.69, 9.17) is 9.47 Å². The Balaban J connectivity index is 1.91. The molecule has 0 radical (unpaired) electrons. The molecule has 1 aromatic rings. The lowest BCUT2D eigenvalue weighted by molar-refractivity contribution is 0.0359. The minimum absolute atomic E-state index is 0.143. The zero-order valence-electron chi connectivity index (χ0n) is 7.67. The highest BCUT2D eigenvalue weighted by Crippen LogP contribution is 2.39. The number of hydrogen-bond donors (Lipinski definition) is 0. The number of ether oxygens (including phenoxy) is 3. The quantitative estimate of drug-likeness (QED) is 0.532. The van der Waals surface area contributed by atoms with Crippen molar-refractivity contribution in [1.29, 1.82) is 0 Å². The fourth-order valence-electron chi connectivity index (χ4n) is 1.21. The first-order valence-corrected chi connectivity index (χ1v) is 4.26. The predicted molar refractivity (Wildman–Crippen MR) is 47.5 cm³/mol. The van der Waals surface area contributed by atoms with Crippen molar-refractivity contribution < 1.29 is 19.0 Å². The van der Waals surface area contributed by atoms with Gasteiger partial charge in [-0.15, -0.1) is 0 Å². The monoisotopic (exact) mass is 194 g/mol. The molecule has 0 saturated carbocycles. The summed E-state index contributed by atoms with van der Waals surface area (Å²) in [5, 5.41) is 0. The molecule has 0 bridgehead atoms. The van der Waals surface area contributed by atoms with Gasteiger partial charge in [-0.05, 0) is 5.56 Å². The van der Waals surface area contributed by atoms with Gasteiger partial charge in [-0.2, -0.15) is 0 Å². The van der Waals surface area contributed by atoms with Crippen LogP contribution in [0.15, 0.2) is 30.3 Å². The molecular weight excluding hydrogens is 184 g/mol. The van der Waals surface area contributed by atoms with Gasteiger partial charge in [-0.25, -0.2) is 4.79 Å². The molecule has 1 saturated heterocycles. The van der Waals surface area contributed by atoms with Gasteiger partial charge in [0.2, 0.25) is 6.29 Å². The fraction of sp³-hybridized carbons (Fsp3) is 0.300. The first-order chi connectivity index (χ1) is 6.81. The molecule has 1 aliphatic heterocycles. The lowest BCUT2D eigenvalue weighted by Crippen LogP contribution is -2.07. The standard InChI is InChI=1S/C10H10O4/c1-12-10(11)14-9-8(13-9)7-5-3-2-4-6-7/h2-6,8-9H,1H3/t8-,9-/m0/s1. The Morgan fingerprint density at radius 3 is 2.71 bits per heavy atom. The van der Waals surface area contributed by atoms with Crippen molar-refractivity contribution >= 4 is 6.16 Å². The average molecular weight is 194 g/mol. The number of benzene rings is 1. The Morgan fingerprint density at radius 2 is 2.07 bits per heavy atom. The number of carbonyl (C=O) groups excluding carboxylic acids is 1. The summed E-state index contributed by atoms with van der Waals surface area (Å²) in [6.07, 6.45) is -1.35. The van der Waals surface area contributed by atoms with Crippen molar-refractivity contribution in [3.05, 3.63) is 35.9 Å². The minimum atomic E-state index is -0.714. The van der Waals surface area contributed by atoms with E-state index >= 15 is 0 Å². The second-order valence-corrected chi connectivity index (χ2v) is 2.91. The van der Waals surface area contributed by atoms with Crippen LogP contribution >= 0.6 is 0 Å². The van der Waals surface area contributed by atoms with Crippen LogP contribution in [0.5, 0.6) is 0 Å². The second kappa shape index (κ2) is 3.67. The summed E-state index contributed by atoms with van der Waals surface area (Å²) in [4.78, 5) is 10.7. The average Bonchev–Trinajstić information content (AvgIpc) is 2.98. The summed E-state index contributed by atoms with van der Waals surface area (Å²) in [5.74, 6) is 0. The highest BCUT2D eigenvalue weighted by atomic mass is 16.8. The third kappa shape index (κ3) is 1.85. The van der Waals surface area contributed by atoms with Gasteiger partial charge in [-0.3, -0.25) is 0 Å². The Kier molecular flexibility index (Phi) is 2.37. The first-order valence-electron chi connectivity index (χ1n) is 4.26. The molecular formula is C10H10O4. The zero-order chi connectivity index (χ0) is 9.97. The first kappa shape index (κ1) is 9.02. The molecule has 0 amide bonds. The number of carbonyl (C=O) groups is 1. The molecule has 2 rings (SSSR count). The van der Waals surface area contributed by atoms with E-state index in [9.17, 15) is 4.79 Å². The van der Waals surface area contributed by atoms with Crippen molar-refractivity contribution in [2.75, 3.05) is 7.11 Å². The molecule has 1 aromatic carbocycles. The van der Waals surface area contributed by atoms with E-state index in [-0.39, 0.29) is 6.10 Å². The van der Waals surface area contributed by atoms with E-state index in [1.165, 1.54) is 7.11 Å². The van der Waals surface area contributed by atoms with Crippen molar-refractivity contribution in [1.82, 2.24) is 0 Å². The second-order valence-electron chi connectivity index (χ2n) is 2.91. The van der Waals surface area contributed by atoms with Crippen LogP contribution in [-0.2, 0) is 14.2 Å². The summed E-state index contributed by atoms with van der Waals surface area (Å²) >= 11 is 0. The predicted octanol–water partition coefficient (Wildman–Crippen LogP) is 1.87. The van der Waals surface area contributed by atoms with Gasteiger partial charge in [0.05, 0.1) is 7.11 Å². The van der Waals surface area contributed by atoms with Crippen LogP contribution in [0.25, 0.3) is 0 Å². The Labute approximate surface area is 81.4 Å². The SMILES string of the molecule is COC(=O)O[C@@H]1O[C@H]1c1ccccc1. The van der Waals surface area contributed by atoms with E-state index in [2.05, 4.69) is 4.74 Å². The van der Waals surface area contributed by atoms with Gasteiger partial charge in [0, 0.05) is 0 Å². The van der Waals surface area contributed by atoms with Gasteiger partial charge in [0.15, 0.2) is 0 Å². The summed E-state index contributed by atoms with van der Waals surface area (Å²) in [6, 6.07) is 9.58. The van der Waals surface area contributed by atoms with Crippen LogP contribution in [0, 0.1) is 0 Å². The normalized spacial score (nSPS) is 24.1. The Bertz CT molecular complexity index is 322. The van der Waals surface area contributed by atoms with Crippen molar-refractivity contribution in [2.24, 2.45) is 0 Å². The van der Waals surface area contributed by atoms with E-state index in [1.807, 2.05) is 30.3 Å². The summed E-state index contributed by atoms with van der Waals surface area (Å²) in [7, 11) is 1.27. The Morgan fingerprint density at radius 1 is 1.36 bits per heavy atom. The zero-order valence-corrected chi connectivity index (χ0v) is 7.67.